The van der Waals surface area contributed by atoms with Gasteiger partial charge in [-0.05, 0) is 72.2 Å². The number of esters is 1. The number of hydrogen-bond acceptors (Lipinski definition) is 5. The lowest BCUT2D eigenvalue weighted by Gasteiger charge is -2.24. The maximum Gasteiger partial charge on any atom is 0.337 e. The van der Waals surface area contributed by atoms with Gasteiger partial charge >= 0.3 is 5.97 Å². The van der Waals surface area contributed by atoms with Gasteiger partial charge in [-0.15, -0.1) is 0 Å². The molecule has 0 atom stereocenters. The van der Waals surface area contributed by atoms with Gasteiger partial charge in [0.05, 0.1) is 31.1 Å². The second kappa shape index (κ2) is 13.8. The second-order valence-corrected chi connectivity index (χ2v) is 12.6. The van der Waals surface area contributed by atoms with Crippen LogP contribution >= 0.6 is 11.6 Å². The first-order chi connectivity index (χ1) is 21.3. The van der Waals surface area contributed by atoms with E-state index in [9.17, 15) is 13.2 Å². The van der Waals surface area contributed by atoms with Crippen LogP contribution in [0.1, 0.15) is 45.7 Å². The molecular formula is C35H33ClN2O5S. The molecule has 0 saturated heterocycles. The fraction of sp³-hybridized carbons (Fsp3) is 0.171. The molecule has 0 saturated carbocycles. The SMILES string of the molecule is CCS(=O)(=O)NC=Cc1c(CCOc2ccc(C(=O)OC)cc2)c2cc(Cl)ccc2n1C(c1ccccc1)c1ccccc1. The summed E-state index contributed by atoms with van der Waals surface area (Å²) in [6, 6.07) is 32.7. The predicted molar refractivity (Wildman–Crippen MR) is 176 cm³/mol. The van der Waals surface area contributed by atoms with Crippen LogP contribution < -0.4 is 9.46 Å². The summed E-state index contributed by atoms with van der Waals surface area (Å²) in [5, 5.41) is 1.53. The molecule has 0 aliphatic carbocycles. The maximum atomic E-state index is 12.3. The van der Waals surface area contributed by atoms with Crippen molar-refractivity contribution in [1.82, 2.24) is 9.29 Å². The molecule has 0 radical (unpaired) electrons. The van der Waals surface area contributed by atoms with Crippen molar-refractivity contribution in [2.45, 2.75) is 19.4 Å². The van der Waals surface area contributed by atoms with E-state index in [1.54, 1.807) is 37.3 Å². The summed E-state index contributed by atoms with van der Waals surface area (Å²) in [5.74, 6) is 0.156. The number of sulfonamides is 1. The van der Waals surface area contributed by atoms with Crippen LogP contribution in [0.5, 0.6) is 5.75 Å². The zero-order valence-corrected chi connectivity index (χ0v) is 26.0. The minimum absolute atomic E-state index is 0.0396. The van der Waals surface area contributed by atoms with E-state index in [4.69, 9.17) is 21.1 Å². The Kier molecular flexibility index (Phi) is 9.72. The van der Waals surface area contributed by atoms with Crippen molar-refractivity contribution in [3.63, 3.8) is 0 Å². The highest BCUT2D eigenvalue weighted by atomic mass is 35.5. The summed E-state index contributed by atoms with van der Waals surface area (Å²) < 4.78 is 40.3. The number of halogens is 1. The number of aromatic nitrogens is 1. The molecule has 1 heterocycles. The van der Waals surface area contributed by atoms with Crippen LogP contribution in [0.2, 0.25) is 5.02 Å². The molecule has 0 fully saturated rings. The number of nitrogens with one attached hydrogen (secondary N) is 1. The Bertz CT molecular complexity index is 1830. The number of methoxy groups -OCH3 is 1. The maximum absolute atomic E-state index is 12.3. The van der Waals surface area contributed by atoms with Crippen LogP contribution in [0, 0.1) is 0 Å². The lowest BCUT2D eigenvalue weighted by Crippen LogP contribution is -2.19. The van der Waals surface area contributed by atoms with E-state index in [-0.39, 0.29) is 11.8 Å². The number of ether oxygens (including phenoxy) is 2. The predicted octanol–water partition coefficient (Wildman–Crippen LogP) is 7.25. The van der Waals surface area contributed by atoms with Gasteiger partial charge < -0.3 is 14.0 Å². The quantitative estimate of drug-likeness (QED) is 0.147. The van der Waals surface area contributed by atoms with Gasteiger partial charge in [0.25, 0.3) is 0 Å². The lowest BCUT2D eigenvalue weighted by atomic mass is 9.98. The van der Waals surface area contributed by atoms with Crippen LogP contribution in [0.25, 0.3) is 17.0 Å². The van der Waals surface area contributed by atoms with Crippen molar-refractivity contribution >= 4 is 44.6 Å². The Labute approximate surface area is 262 Å². The number of carbonyl (C=O) groups excluding carboxylic acids is 1. The molecule has 5 rings (SSSR count). The Morgan fingerprint density at radius 1 is 0.932 bits per heavy atom. The molecule has 0 unspecified atom stereocenters. The fourth-order valence-electron chi connectivity index (χ4n) is 5.23. The Balaban J connectivity index is 1.63. The smallest absolute Gasteiger partial charge is 0.337 e. The summed E-state index contributed by atoms with van der Waals surface area (Å²) in [4.78, 5) is 11.8. The molecule has 9 heteroatoms. The molecule has 1 aromatic heterocycles. The molecule has 44 heavy (non-hydrogen) atoms. The van der Waals surface area contributed by atoms with Crippen LogP contribution in [-0.4, -0.2) is 38.4 Å². The number of benzene rings is 4. The average Bonchev–Trinajstić information content (AvgIpc) is 3.33. The van der Waals surface area contributed by atoms with Gasteiger partial charge in [0, 0.05) is 34.2 Å². The molecule has 0 bridgehead atoms. The summed E-state index contributed by atoms with van der Waals surface area (Å²) in [6.07, 6.45) is 3.79. The minimum Gasteiger partial charge on any atom is -0.493 e. The molecule has 0 amide bonds. The molecule has 7 nitrogen and oxygen atoms in total. The van der Waals surface area contributed by atoms with Gasteiger partial charge in [-0.25, -0.2) is 13.2 Å². The zero-order valence-electron chi connectivity index (χ0n) is 24.4. The lowest BCUT2D eigenvalue weighted by molar-refractivity contribution is 0.0600. The van der Waals surface area contributed by atoms with Crippen LogP contribution in [0.15, 0.2) is 109 Å². The molecular weight excluding hydrogens is 596 g/mol. The molecule has 1 N–H and O–H groups in total. The second-order valence-electron chi connectivity index (χ2n) is 10.1. The first kappa shape index (κ1) is 30.9. The highest BCUT2D eigenvalue weighted by Crippen LogP contribution is 2.38. The van der Waals surface area contributed by atoms with E-state index < -0.39 is 16.0 Å². The Hall–Kier alpha value is -4.53. The van der Waals surface area contributed by atoms with E-state index in [1.165, 1.54) is 13.3 Å². The summed E-state index contributed by atoms with van der Waals surface area (Å²) in [5.41, 5.74) is 5.31. The van der Waals surface area contributed by atoms with Crippen LogP contribution in [-0.2, 0) is 21.2 Å². The van der Waals surface area contributed by atoms with E-state index in [2.05, 4.69) is 33.6 Å². The highest BCUT2D eigenvalue weighted by molar-refractivity contribution is 7.89. The summed E-state index contributed by atoms with van der Waals surface area (Å²) in [6.45, 7) is 1.92. The van der Waals surface area contributed by atoms with E-state index in [0.717, 1.165) is 33.3 Å². The molecule has 0 spiro atoms. The number of fused-ring (bicyclic) bond motifs is 1. The van der Waals surface area contributed by atoms with Gasteiger partial charge in [0.15, 0.2) is 0 Å². The van der Waals surface area contributed by atoms with Gasteiger partial charge in [-0.2, -0.15) is 0 Å². The van der Waals surface area contributed by atoms with E-state index in [1.807, 2.05) is 54.6 Å². The third-order valence-corrected chi connectivity index (χ3v) is 8.86. The number of carbonyl (C=O) groups is 1. The van der Waals surface area contributed by atoms with Crippen molar-refractivity contribution in [3.05, 3.63) is 142 Å². The van der Waals surface area contributed by atoms with Crippen molar-refractivity contribution in [2.75, 3.05) is 19.5 Å². The van der Waals surface area contributed by atoms with Crippen molar-refractivity contribution in [3.8, 4) is 5.75 Å². The first-order valence-electron chi connectivity index (χ1n) is 14.2. The molecule has 0 aliphatic rings. The topological polar surface area (TPSA) is 86.6 Å². The monoisotopic (exact) mass is 628 g/mol. The Morgan fingerprint density at radius 3 is 2.16 bits per heavy atom. The van der Waals surface area contributed by atoms with Gasteiger partial charge in [0.2, 0.25) is 10.0 Å². The van der Waals surface area contributed by atoms with Crippen molar-refractivity contribution < 1.29 is 22.7 Å². The number of hydrogen-bond donors (Lipinski definition) is 1. The van der Waals surface area contributed by atoms with Gasteiger partial charge in [0.1, 0.15) is 5.75 Å². The molecule has 4 aromatic carbocycles. The third-order valence-electron chi connectivity index (χ3n) is 7.37. The number of nitrogens with zero attached hydrogens (tertiary/aromatic N) is 1. The standard InChI is InChI=1S/C35H33ClN2O5S/c1-3-44(40,41)37-22-20-33-30(21-23-43-29-17-14-27(15-18-29)35(39)42-2)31-24-28(36)16-19-32(31)38(33)34(25-10-6-4-7-11-25)26-12-8-5-9-13-26/h4-20,22,24,34,37H,3,21,23H2,1-2H3. The van der Waals surface area contributed by atoms with Crippen LogP contribution in [0.4, 0.5) is 0 Å². The highest BCUT2D eigenvalue weighted by Gasteiger charge is 2.25. The number of rotatable bonds is 12. The molecule has 226 valence electrons. The third kappa shape index (κ3) is 6.98. The minimum atomic E-state index is -3.47. The van der Waals surface area contributed by atoms with Crippen LogP contribution in [0.3, 0.4) is 0 Å². The largest absolute Gasteiger partial charge is 0.493 e. The first-order valence-corrected chi connectivity index (χ1v) is 16.2. The Morgan fingerprint density at radius 2 is 1.57 bits per heavy atom. The summed E-state index contributed by atoms with van der Waals surface area (Å²) in [7, 11) is -2.12. The average molecular weight is 629 g/mol. The van der Waals surface area contributed by atoms with Crippen molar-refractivity contribution in [1.29, 1.82) is 0 Å². The zero-order chi connectivity index (χ0) is 31.1. The molecule has 5 aromatic rings. The van der Waals surface area contributed by atoms with E-state index >= 15 is 0 Å². The fourth-order valence-corrected chi connectivity index (χ4v) is 5.85. The summed E-state index contributed by atoms with van der Waals surface area (Å²) >= 11 is 6.54. The van der Waals surface area contributed by atoms with Gasteiger partial charge in [-0.1, -0.05) is 72.3 Å². The van der Waals surface area contributed by atoms with E-state index in [0.29, 0.717) is 29.4 Å². The van der Waals surface area contributed by atoms with Crippen molar-refractivity contribution in [2.24, 2.45) is 0 Å². The van der Waals surface area contributed by atoms with Gasteiger partial charge in [-0.3, -0.25) is 4.72 Å². The normalized spacial score (nSPS) is 11.7. The molecule has 0 aliphatic heterocycles.